The highest BCUT2D eigenvalue weighted by Gasteiger charge is 2.37. The van der Waals surface area contributed by atoms with Crippen LogP contribution in [0.1, 0.15) is 50.0 Å². The van der Waals surface area contributed by atoms with Gasteiger partial charge in [0.05, 0.1) is 25.0 Å². The lowest BCUT2D eigenvalue weighted by atomic mass is 9.83. The molecule has 8 nitrogen and oxygen atoms in total. The summed E-state index contributed by atoms with van der Waals surface area (Å²) in [5.74, 6) is 0.931. The summed E-state index contributed by atoms with van der Waals surface area (Å²) in [6.07, 6.45) is 10.1. The van der Waals surface area contributed by atoms with Gasteiger partial charge in [-0.2, -0.15) is 0 Å². The van der Waals surface area contributed by atoms with Crippen molar-refractivity contribution >= 4 is 15.9 Å². The normalized spacial score (nSPS) is 30.9. The lowest BCUT2D eigenvalue weighted by Crippen LogP contribution is -2.59. The molecule has 29 heavy (non-hydrogen) atoms. The number of ether oxygens (including phenoxy) is 2. The highest BCUT2D eigenvalue weighted by Crippen LogP contribution is 2.38. The number of pyridine rings is 1. The minimum absolute atomic E-state index is 0.0741. The molecule has 1 unspecified atom stereocenters. The maximum absolute atomic E-state index is 13.0. The van der Waals surface area contributed by atoms with Gasteiger partial charge >= 0.3 is 0 Å². The summed E-state index contributed by atoms with van der Waals surface area (Å²) in [6, 6.07) is 1.15. The number of aromatic nitrogens is 1. The zero-order chi connectivity index (χ0) is 20.4. The van der Waals surface area contributed by atoms with Crippen LogP contribution in [0.15, 0.2) is 18.5 Å². The highest BCUT2D eigenvalue weighted by molar-refractivity contribution is 7.88. The Balaban J connectivity index is 1.61. The Morgan fingerprint density at radius 3 is 2.76 bits per heavy atom. The molecule has 1 saturated heterocycles. The number of hydrogen-bond acceptors (Lipinski definition) is 6. The number of nitrogens with zero attached hydrogens (tertiary/aromatic N) is 2. The van der Waals surface area contributed by atoms with E-state index in [1.165, 1.54) is 0 Å². The number of piperidine rings is 1. The molecule has 1 aromatic rings. The monoisotopic (exact) mass is 423 g/mol. The van der Waals surface area contributed by atoms with Gasteiger partial charge in [-0.3, -0.25) is 9.78 Å². The average Bonchev–Trinajstić information content (AvgIpc) is 2.71. The highest BCUT2D eigenvalue weighted by atomic mass is 32.2. The molecule has 1 aromatic heterocycles. The summed E-state index contributed by atoms with van der Waals surface area (Å²) >= 11 is 0. The summed E-state index contributed by atoms with van der Waals surface area (Å²) < 4.78 is 38.6. The molecule has 2 bridgehead atoms. The Morgan fingerprint density at radius 1 is 1.21 bits per heavy atom. The van der Waals surface area contributed by atoms with E-state index in [0.29, 0.717) is 25.5 Å². The van der Waals surface area contributed by atoms with Crippen molar-refractivity contribution < 1.29 is 22.7 Å². The Hall–Kier alpha value is -1.71. The van der Waals surface area contributed by atoms with Gasteiger partial charge in [-0.1, -0.05) is 0 Å². The quantitative estimate of drug-likeness (QED) is 0.773. The van der Waals surface area contributed by atoms with Gasteiger partial charge in [0.1, 0.15) is 5.75 Å². The van der Waals surface area contributed by atoms with E-state index in [4.69, 9.17) is 9.47 Å². The third-order valence-electron chi connectivity index (χ3n) is 6.24. The van der Waals surface area contributed by atoms with Crippen LogP contribution in [0, 0.1) is 0 Å². The third kappa shape index (κ3) is 4.90. The van der Waals surface area contributed by atoms with E-state index in [1.54, 1.807) is 11.1 Å². The van der Waals surface area contributed by atoms with Crippen molar-refractivity contribution in [1.82, 2.24) is 14.6 Å². The second kappa shape index (κ2) is 8.57. The molecule has 9 heteroatoms. The Kier molecular flexibility index (Phi) is 6.08. The Bertz CT molecular complexity index is 838. The van der Waals surface area contributed by atoms with Crippen molar-refractivity contribution in [3.8, 4) is 5.75 Å². The molecule has 1 saturated carbocycles. The van der Waals surface area contributed by atoms with Crippen LogP contribution in [-0.2, 0) is 19.6 Å². The molecule has 1 amide bonds. The van der Waals surface area contributed by atoms with E-state index < -0.39 is 10.0 Å². The smallest absolute Gasteiger partial charge is 0.260 e. The molecule has 0 aromatic carbocycles. The third-order valence-corrected chi connectivity index (χ3v) is 6.97. The van der Waals surface area contributed by atoms with Gasteiger partial charge < -0.3 is 14.4 Å². The Labute approximate surface area is 172 Å². The summed E-state index contributed by atoms with van der Waals surface area (Å²) in [4.78, 5) is 19.0. The van der Waals surface area contributed by atoms with E-state index in [0.717, 1.165) is 49.7 Å². The fourth-order valence-corrected chi connectivity index (χ4v) is 5.64. The second-order valence-corrected chi connectivity index (χ2v) is 10.1. The topological polar surface area (TPSA) is 97.8 Å². The van der Waals surface area contributed by atoms with Gasteiger partial charge in [-0.15, -0.1) is 0 Å². The molecule has 3 aliphatic heterocycles. The van der Waals surface area contributed by atoms with Crippen LogP contribution in [0.5, 0.6) is 5.75 Å². The van der Waals surface area contributed by atoms with Crippen LogP contribution in [0.25, 0.3) is 0 Å². The van der Waals surface area contributed by atoms with Crippen molar-refractivity contribution in [2.24, 2.45) is 0 Å². The van der Waals surface area contributed by atoms with Crippen LogP contribution in [-0.4, -0.2) is 68.4 Å². The number of amides is 1. The summed E-state index contributed by atoms with van der Waals surface area (Å²) in [5, 5.41) is 0. The van der Waals surface area contributed by atoms with Crippen molar-refractivity contribution in [3.05, 3.63) is 24.0 Å². The van der Waals surface area contributed by atoms with Gasteiger partial charge in [-0.25, -0.2) is 13.1 Å². The van der Waals surface area contributed by atoms with Crippen molar-refractivity contribution in [1.29, 1.82) is 0 Å². The van der Waals surface area contributed by atoms with E-state index in [2.05, 4.69) is 9.71 Å². The van der Waals surface area contributed by atoms with Gasteiger partial charge in [0, 0.05) is 30.5 Å². The number of carbonyl (C=O) groups excluding carboxylic acids is 1. The molecule has 0 spiro atoms. The number of nitrogens with one attached hydrogen (secondary N) is 1. The van der Waals surface area contributed by atoms with Crippen LogP contribution in [0.4, 0.5) is 0 Å². The predicted octanol–water partition coefficient (Wildman–Crippen LogP) is 1.43. The number of carbonyl (C=O) groups is 1. The molecule has 2 atom stereocenters. The van der Waals surface area contributed by atoms with E-state index in [-0.39, 0.29) is 30.7 Å². The number of rotatable bonds is 2. The fraction of sp³-hybridized carbons (Fsp3) is 0.700. The van der Waals surface area contributed by atoms with Crippen molar-refractivity contribution in [2.75, 3.05) is 26.0 Å². The molecule has 2 fully saturated rings. The van der Waals surface area contributed by atoms with E-state index in [1.807, 2.05) is 12.3 Å². The SMILES string of the molecule is CS(=O)(=O)N[C@H]1CCCN2C(=O)COc3ccncc3C3CCC(CC3)OCC12. The number of fused-ring (bicyclic) bond motifs is 5. The largest absolute Gasteiger partial charge is 0.483 e. The molecule has 4 aliphatic rings. The summed E-state index contributed by atoms with van der Waals surface area (Å²) in [7, 11) is -3.38. The molecule has 160 valence electrons. The van der Waals surface area contributed by atoms with Gasteiger partial charge in [0.2, 0.25) is 10.0 Å². The van der Waals surface area contributed by atoms with E-state index >= 15 is 0 Å². The van der Waals surface area contributed by atoms with Gasteiger partial charge in [0.15, 0.2) is 6.61 Å². The number of sulfonamides is 1. The molecule has 0 radical (unpaired) electrons. The molecule has 4 heterocycles. The second-order valence-electron chi connectivity index (χ2n) is 8.30. The number of hydrogen-bond donors (Lipinski definition) is 1. The first-order valence-corrected chi connectivity index (χ1v) is 12.2. The minimum Gasteiger partial charge on any atom is -0.483 e. The summed E-state index contributed by atoms with van der Waals surface area (Å²) in [6.45, 7) is 0.840. The lowest BCUT2D eigenvalue weighted by molar-refractivity contribution is -0.140. The molecule has 1 N–H and O–H groups in total. The molecule has 5 rings (SSSR count). The minimum atomic E-state index is -3.38. The lowest BCUT2D eigenvalue weighted by Gasteiger charge is -2.41. The molecule has 1 aliphatic carbocycles. The predicted molar refractivity (Wildman–Crippen MR) is 107 cm³/mol. The Morgan fingerprint density at radius 2 is 2.00 bits per heavy atom. The zero-order valence-corrected chi connectivity index (χ0v) is 17.6. The first-order chi connectivity index (χ1) is 13.9. The van der Waals surface area contributed by atoms with Crippen molar-refractivity contribution in [2.45, 2.75) is 62.6 Å². The fourth-order valence-electron chi connectivity index (χ4n) is 4.81. The maximum atomic E-state index is 13.0. The zero-order valence-electron chi connectivity index (χ0n) is 16.7. The van der Waals surface area contributed by atoms with Gasteiger partial charge in [-0.05, 0) is 50.5 Å². The molecular weight excluding hydrogens is 394 g/mol. The van der Waals surface area contributed by atoms with Crippen LogP contribution >= 0.6 is 0 Å². The average molecular weight is 424 g/mol. The van der Waals surface area contributed by atoms with E-state index in [9.17, 15) is 13.2 Å². The molecular formula is C20H29N3O5S. The summed E-state index contributed by atoms with van der Waals surface area (Å²) in [5.41, 5.74) is 1.06. The van der Waals surface area contributed by atoms with Crippen LogP contribution in [0.3, 0.4) is 0 Å². The maximum Gasteiger partial charge on any atom is 0.260 e. The first kappa shape index (κ1) is 20.6. The van der Waals surface area contributed by atoms with Crippen LogP contribution in [0.2, 0.25) is 0 Å². The van der Waals surface area contributed by atoms with Crippen LogP contribution < -0.4 is 9.46 Å². The van der Waals surface area contributed by atoms with Gasteiger partial charge in [0.25, 0.3) is 5.91 Å². The standard InChI is InChI=1S/C20H29N3O5S/c1-29(25,26)22-17-3-2-10-23-18(17)12-27-15-6-4-14(5-7-15)16-11-21-9-8-19(16)28-13-20(23)24/h8-9,11,14-15,17-18,22H,2-7,10,12-13H2,1H3/t14?,15?,17-,18?/m0/s1. The first-order valence-electron chi connectivity index (χ1n) is 10.4. The van der Waals surface area contributed by atoms with Crippen molar-refractivity contribution in [3.63, 3.8) is 0 Å².